The number of carbonyl (C=O) groups is 3. The SMILES string of the molecule is Cc1cc(C)cc(OC(=O)c2ccc(N3C(=O)[C@@H]4CC[C@H](C)C[C@H]4C3=O)cc2)c1. The van der Waals surface area contributed by atoms with Crippen molar-refractivity contribution >= 4 is 23.5 Å². The normalized spacial score (nSPS) is 23.8. The van der Waals surface area contributed by atoms with E-state index >= 15 is 0 Å². The first-order valence-corrected chi connectivity index (χ1v) is 10.1. The highest BCUT2D eigenvalue weighted by Crippen LogP contribution is 2.42. The summed E-state index contributed by atoms with van der Waals surface area (Å²) in [5.74, 6) is -0.138. The summed E-state index contributed by atoms with van der Waals surface area (Å²) in [6, 6.07) is 12.1. The van der Waals surface area contributed by atoms with E-state index in [-0.39, 0.29) is 23.7 Å². The number of esters is 1. The van der Waals surface area contributed by atoms with Crippen molar-refractivity contribution < 1.29 is 19.1 Å². The van der Waals surface area contributed by atoms with Crippen molar-refractivity contribution in [3.05, 3.63) is 59.2 Å². The number of hydrogen-bond donors (Lipinski definition) is 0. The molecule has 2 amide bonds. The molecule has 0 N–H and O–H groups in total. The van der Waals surface area contributed by atoms with Crippen LogP contribution in [-0.2, 0) is 9.59 Å². The Kier molecular flexibility index (Phi) is 4.99. The molecular formula is C24H25NO4. The molecule has 4 rings (SSSR count). The van der Waals surface area contributed by atoms with Crippen LogP contribution < -0.4 is 9.64 Å². The smallest absolute Gasteiger partial charge is 0.343 e. The fourth-order valence-corrected chi connectivity index (χ4v) is 4.55. The first kappa shape index (κ1) is 19.4. The number of carbonyl (C=O) groups excluding carboxylic acids is 3. The summed E-state index contributed by atoms with van der Waals surface area (Å²) in [5.41, 5.74) is 2.93. The number of anilines is 1. The molecule has 1 saturated heterocycles. The monoisotopic (exact) mass is 391 g/mol. The fourth-order valence-electron chi connectivity index (χ4n) is 4.55. The van der Waals surface area contributed by atoms with Gasteiger partial charge in [-0.2, -0.15) is 0 Å². The van der Waals surface area contributed by atoms with Crippen molar-refractivity contribution in [2.24, 2.45) is 17.8 Å². The maximum atomic E-state index is 12.8. The molecule has 2 aliphatic rings. The minimum absolute atomic E-state index is 0.113. The van der Waals surface area contributed by atoms with Crippen LogP contribution in [0, 0.1) is 31.6 Å². The van der Waals surface area contributed by atoms with Crippen molar-refractivity contribution in [3.8, 4) is 5.75 Å². The number of aryl methyl sites for hydroxylation is 2. The van der Waals surface area contributed by atoms with Gasteiger partial charge in [0.05, 0.1) is 23.1 Å². The lowest BCUT2D eigenvalue weighted by Crippen LogP contribution is -2.30. The highest BCUT2D eigenvalue weighted by Gasteiger charge is 2.49. The Balaban J connectivity index is 1.51. The second-order valence-corrected chi connectivity index (χ2v) is 8.40. The number of imide groups is 1. The van der Waals surface area contributed by atoms with Crippen LogP contribution in [0.2, 0.25) is 0 Å². The summed E-state index contributed by atoms with van der Waals surface area (Å²) >= 11 is 0. The zero-order valence-electron chi connectivity index (χ0n) is 17.0. The molecule has 3 atom stereocenters. The van der Waals surface area contributed by atoms with Gasteiger partial charge in [0.2, 0.25) is 11.8 Å². The summed E-state index contributed by atoms with van der Waals surface area (Å²) in [6.45, 7) is 6.02. The lowest BCUT2D eigenvalue weighted by molar-refractivity contribution is -0.122. The predicted octanol–water partition coefficient (Wildman–Crippen LogP) is 4.45. The van der Waals surface area contributed by atoms with E-state index in [4.69, 9.17) is 4.74 Å². The third kappa shape index (κ3) is 3.69. The molecule has 2 aromatic rings. The molecule has 0 aromatic heterocycles. The van der Waals surface area contributed by atoms with Gasteiger partial charge < -0.3 is 4.74 Å². The van der Waals surface area contributed by atoms with Crippen molar-refractivity contribution in [1.82, 2.24) is 0 Å². The Hall–Kier alpha value is -2.95. The number of benzene rings is 2. The Labute approximate surface area is 170 Å². The van der Waals surface area contributed by atoms with E-state index in [9.17, 15) is 14.4 Å². The average Bonchev–Trinajstić information content (AvgIpc) is 2.91. The summed E-state index contributed by atoms with van der Waals surface area (Å²) in [4.78, 5) is 39.4. The molecular weight excluding hydrogens is 366 g/mol. The zero-order chi connectivity index (χ0) is 20.7. The van der Waals surface area contributed by atoms with E-state index in [1.807, 2.05) is 32.0 Å². The average molecular weight is 391 g/mol. The van der Waals surface area contributed by atoms with Gasteiger partial charge >= 0.3 is 5.97 Å². The van der Waals surface area contributed by atoms with Crippen LogP contribution >= 0.6 is 0 Å². The Morgan fingerprint density at radius 3 is 2.21 bits per heavy atom. The number of ether oxygens (including phenoxy) is 1. The van der Waals surface area contributed by atoms with Gasteiger partial charge in [0.15, 0.2) is 0 Å². The van der Waals surface area contributed by atoms with Crippen LogP contribution in [0.4, 0.5) is 5.69 Å². The van der Waals surface area contributed by atoms with Crippen molar-refractivity contribution in [3.63, 3.8) is 0 Å². The van der Waals surface area contributed by atoms with Crippen LogP contribution in [0.15, 0.2) is 42.5 Å². The molecule has 29 heavy (non-hydrogen) atoms. The Morgan fingerprint density at radius 1 is 0.931 bits per heavy atom. The lowest BCUT2D eigenvalue weighted by Gasteiger charge is -2.25. The molecule has 0 radical (unpaired) electrons. The summed E-state index contributed by atoms with van der Waals surface area (Å²) in [5, 5.41) is 0. The number of amides is 2. The number of rotatable bonds is 3. The third-order valence-electron chi connectivity index (χ3n) is 5.95. The molecule has 1 saturated carbocycles. The van der Waals surface area contributed by atoms with Crippen LogP contribution in [0.1, 0.15) is 47.7 Å². The second-order valence-electron chi connectivity index (χ2n) is 8.40. The minimum atomic E-state index is -0.469. The molecule has 150 valence electrons. The Bertz CT molecular complexity index is 959. The summed E-state index contributed by atoms with van der Waals surface area (Å²) in [7, 11) is 0. The predicted molar refractivity (Wildman–Crippen MR) is 110 cm³/mol. The van der Waals surface area contributed by atoms with Crippen LogP contribution in [-0.4, -0.2) is 17.8 Å². The fraction of sp³-hybridized carbons (Fsp3) is 0.375. The molecule has 0 unspecified atom stereocenters. The second kappa shape index (κ2) is 7.47. The van der Waals surface area contributed by atoms with Crippen LogP contribution in [0.5, 0.6) is 5.75 Å². The molecule has 2 fully saturated rings. The van der Waals surface area contributed by atoms with E-state index in [2.05, 4.69) is 6.92 Å². The molecule has 1 aliphatic heterocycles. The van der Waals surface area contributed by atoms with E-state index in [1.165, 1.54) is 4.90 Å². The van der Waals surface area contributed by atoms with E-state index in [0.717, 1.165) is 30.4 Å². The van der Waals surface area contributed by atoms with E-state index in [1.54, 1.807) is 24.3 Å². The lowest BCUT2D eigenvalue weighted by atomic mass is 9.76. The van der Waals surface area contributed by atoms with Gasteiger partial charge in [0.1, 0.15) is 5.75 Å². The van der Waals surface area contributed by atoms with E-state index < -0.39 is 5.97 Å². The number of hydrogen-bond acceptors (Lipinski definition) is 4. The van der Waals surface area contributed by atoms with Crippen molar-refractivity contribution in [1.29, 1.82) is 0 Å². The third-order valence-corrected chi connectivity index (χ3v) is 5.95. The van der Waals surface area contributed by atoms with Gasteiger partial charge in [-0.3, -0.25) is 14.5 Å². The van der Waals surface area contributed by atoms with Gasteiger partial charge in [-0.25, -0.2) is 4.79 Å². The molecule has 1 aliphatic carbocycles. The van der Waals surface area contributed by atoms with Crippen LogP contribution in [0.3, 0.4) is 0 Å². The standard InChI is InChI=1S/C24H25NO4/c1-14-4-9-20-21(13-14)23(27)25(22(20)26)18-7-5-17(6-8-18)24(28)29-19-11-15(2)10-16(3)12-19/h5-8,10-12,14,20-21H,4,9,13H2,1-3H3/t14-,20+,21+/m0/s1. The van der Waals surface area contributed by atoms with Gasteiger partial charge in [-0.05, 0) is 86.6 Å². The van der Waals surface area contributed by atoms with Gasteiger partial charge in [-0.15, -0.1) is 0 Å². The minimum Gasteiger partial charge on any atom is -0.423 e. The quantitative estimate of drug-likeness (QED) is 0.441. The first-order chi connectivity index (χ1) is 13.8. The highest BCUT2D eigenvalue weighted by atomic mass is 16.5. The summed E-state index contributed by atoms with van der Waals surface area (Å²) < 4.78 is 5.47. The Morgan fingerprint density at radius 2 is 1.55 bits per heavy atom. The zero-order valence-corrected chi connectivity index (χ0v) is 17.0. The van der Waals surface area contributed by atoms with Gasteiger partial charge in [-0.1, -0.05) is 13.0 Å². The molecule has 2 aromatic carbocycles. The van der Waals surface area contributed by atoms with Gasteiger partial charge in [0, 0.05) is 0 Å². The summed E-state index contributed by atoms with van der Waals surface area (Å²) in [6.07, 6.45) is 2.52. The van der Waals surface area contributed by atoms with E-state index in [0.29, 0.717) is 22.9 Å². The topological polar surface area (TPSA) is 63.7 Å². The number of fused-ring (bicyclic) bond motifs is 1. The first-order valence-electron chi connectivity index (χ1n) is 10.1. The van der Waals surface area contributed by atoms with Gasteiger partial charge in [0.25, 0.3) is 0 Å². The number of nitrogens with zero attached hydrogens (tertiary/aromatic N) is 1. The molecule has 5 nitrogen and oxygen atoms in total. The highest BCUT2D eigenvalue weighted by molar-refractivity contribution is 6.22. The van der Waals surface area contributed by atoms with Crippen molar-refractivity contribution in [2.75, 3.05) is 4.90 Å². The molecule has 1 heterocycles. The van der Waals surface area contributed by atoms with Crippen molar-refractivity contribution in [2.45, 2.75) is 40.0 Å². The maximum absolute atomic E-state index is 12.8. The largest absolute Gasteiger partial charge is 0.423 e. The van der Waals surface area contributed by atoms with Crippen LogP contribution in [0.25, 0.3) is 0 Å². The maximum Gasteiger partial charge on any atom is 0.343 e. The molecule has 0 bridgehead atoms. The molecule has 5 heteroatoms. The molecule has 0 spiro atoms.